The van der Waals surface area contributed by atoms with Gasteiger partial charge in [-0.05, 0) is 13.0 Å². The maximum absolute atomic E-state index is 5.20. The summed E-state index contributed by atoms with van der Waals surface area (Å²) in [6, 6.07) is 3.86. The molecule has 0 spiro atoms. The monoisotopic (exact) mass is 310 g/mol. The third-order valence-corrected chi connectivity index (χ3v) is 4.30. The second-order valence-electron chi connectivity index (χ2n) is 5.83. The Kier molecular flexibility index (Phi) is 3.33. The topological polar surface area (TPSA) is 70.7 Å². The van der Waals surface area contributed by atoms with Gasteiger partial charge in [0.15, 0.2) is 0 Å². The van der Waals surface area contributed by atoms with Crippen LogP contribution < -0.4 is 4.74 Å². The van der Waals surface area contributed by atoms with E-state index in [0.29, 0.717) is 11.8 Å². The number of hydrogen-bond acceptors (Lipinski definition) is 5. The van der Waals surface area contributed by atoms with Crippen molar-refractivity contribution in [1.82, 2.24) is 29.3 Å². The van der Waals surface area contributed by atoms with Gasteiger partial charge in [-0.3, -0.25) is 0 Å². The lowest BCUT2D eigenvalue weighted by Crippen LogP contribution is -2.13. The van der Waals surface area contributed by atoms with Crippen molar-refractivity contribution in [1.29, 1.82) is 0 Å². The van der Waals surface area contributed by atoms with Crippen molar-refractivity contribution in [3.05, 3.63) is 42.4 Å². The van der Waals surface area contributed by atoms with E-state index in [1.54, 1.807) is 13.3 Å². The van der Waals surface area contributed by atoms with Crippen molar-refractivity contribution in [2.24, 2.45) is 5.92 Å². The zero-order valence-corrected chi connectivity index (χ0v) is 13.2. The summed E-state index contributed by atoms with van der Waals surface area (Å²) in [4.78, 5) is 8.66. The maximum atomic E-state index is 5.20. The van der Waals surface area contributed by atoms with Gasteiger partial charge in [0.1, 0.15) is 17.5 Å². The van der Waals surface area contributed by atoms with E-state index in [0.717, 1.165) is 42.5 Å². The highest BCUT2D eigenvalue weighted by Crippen LogP contribution is 2.25. The number of methoxy groups -OCH3 is 1. The predicted octanol–water partition coefficient (Wildman–Crippen LogP) is 1.73. The third-order valence-electron chi connectivity index (χ3n) is 4.30. The smallest absolute Gasteiger partial charge is 0.213 e. The van der Waals surface area contributed by atoms with Crippen molar-refractivity contribution in [2.75, 3.05) is 7.11 Å². The first-order valence-corrected chi connectivity index (χ1v) is 7.65. The summed E-state index contributed by atoms with van der Waals surface area (Å²) >= 11 is 0. The molecule has 1 aliphatic heterocycles. The second kappa shape index (κ2) is 5.49. The minimum Gasteiger partial charge on any atom is -0.481 e. The number of aryl methyl sites for hydroxylation is 1. The lowest BCUT2D eigenvalue weighted by molar-refractivity contribution is 0.398. The SMILES string of the molecule is COc1cc(-c2nccn2CC2Cc3nnc(C)n3C2)ccn1. The Morgan fingerprint density at radius 3 is 3.00 bits per heavy atom. The molecule has 7 nitrogen and oxygen atoms in total. The van der Waals surface area contributed by atoms with Gasteiger partial charge in [-0.25, -0.2) is 9.97 Å². The van der Waals surface area contributed by atoms with Crippen LogP contribution in [0, 0.1) is 12.8 Å². The van der Waals surface area contributed by atoms with Gasteiger partial charge in [0.25, 0.3) is 0 Å². The van der Waals surface area contributed by atoms with E-state index in [2.05, 4.69) is 29.3 Å². The van der Waals surface area contributed by atoms with E-state index in [1.165, 1.54) is 0 Å². The Morgan fingerprint density at radius 1 is 1.26 bits per heavy atom. The van der Waals surface area contributed by atoms with Gasteiger partial charge in [-0.2, -0.15) is 0 Å². The lowest BCUT2D eigenvalue weighted by Gasteiger charge is -2.13. The van der Waals surface area contributed by atoms with Crippen molar-refractivity contribution in [3.63, 3.8) is 0 Å². The number of rotatable bonds is 4. The minimum absolute atomic E-state index is 0.510. The van der Waals surface area contributed by atoms with Gasteiger partial charge in [-0.15, -0.1) is 10.2 Å². The largest absolute Gasteiger partial charge is 0.481 e. The highest BCUT2D eigenvalue weighted by molar-refractivity contribution is 5.56. The fourth-order valence-electron chi connectivity index (χ4n) is 3.17. The first kappa shape index (κ1) is 13.9. The Hall–Kier alpha value is -2.70. The molecule has 0 aliphatic carbocycles. The molecule has 0 fully saturated rings. The third kappa shape index (κ3) is 2.48. The molecule has 4 rings (SSSR count). The molecule has 0 saturated carbocycles. The minimum atomic E-state index is 0.510. The molecule has 4 heterocycles. The summed E-state index contributed by atoms with van der Waals surface area (Å²) in [5.41, 5.74) is 1.01. The second-order valence-corrected chi connectivity index (χ2v) is 5.83. The molecular formula is C16H18N6O. The van der Waals surface area contributed by atoms with Crippen molar-refractivity contribution in [2.45, 2.75) is 26.4 Å². The Morgan fingerprint density at radius 2 is 2.17 bits per heavy atom. The van der Waals surface area contributed by atoms with Crippen molar-refractivity contribution >= 4 is 0 Å². The molecule has 3 aromatic heterocycles. The number of hydrogen-bond donors (Lipinski definition) is 0. The molecule has 3 aromatic rings. The van der Waals surface area contributed by atoms with E-state index in [9.17, 15) is 0 Å². The van der Waals surface area contributed by atoms with Gasteiger partial charge in [0, 0.05) is 55.6 Å². The molecule has 1 aliphatic rings. The first-order chi connectivity index (χ1) is 11.2. The first-order valence-electron chi connectivity index (χ1n) is 7.65. The summed E-state index contributed by atoms with van der Waals surface area (Å²) in [5.74, 6) is 4.12. The lowest BCUT2D eigenvalue weighted by atomic mass is 10.1. The van der Waals surface area contributed by atoms with Crippen LogP contribution in [-0.2, 0) is 19.5 Å². The van der Waals surface area contributed by atoms with Crippen LogP contribution in [0.4, 0.5) is 0 Å². The van der Waals surface area contributed by atoms with E-state index >= 15 is 0 Å². The van der Waals surface area contributed by atoms with E-state index in [1.807, 2.05) is 31.5 Å². The molecular weight excluding hydrogens is 292 g/mol. The molecule has 0 aromatic carbocycles. The molecule has 0 radical (unpaired) electrons. The van der Waals surface area contributed by atoms with E-state index in [4.69, 9.17) is 4.74 Å². The number of ether oxygens (including phenoxy) is 1. The summed E-state index contributed by atoms with van der Waals surface area (Å²) in [5, 5.41) is 8.37. The van der Waals surface area contributed by atoms with E-state index < -0.39 is 0 Å². The normalized spacial score (nSPS) is 16.5. The summed E-state index contributed by atoms with van der Waals surface area (Å²) in [6.07, 6.45) is 6.56. The van der Waals surface area contributed by atoms with Crippen LogP contribution >= 0.6 is 0 Å². The van der Waals surface area contributed by atoms with Crippen molar-refractivity contribution in [3.8, 4) is 17.3 Å². The van der Waals surface area contributed by atoms with Gasteiger partial charge in [0.05, 0.1) is 7.11 Å². The molecule has 0 amide bonds. The number of nitrogens with zero attached hydrogens (tertiary/aromatic N) is 6. The number of pyridine rings is 1. The van der Waals surface area contributed by atoms with E-state index in [-0.39, 0.29) is 0 Å². The molecule has 0 N–H and O–H groups in total. The number of fused-ring (bicyclic) bond motifs is 1. The fourth-order valence-corrected chi connectivity index (χ4v) is 3.17. The van der Waals surface area contributed by atoms with Gasteiger partial charge >= 0.3 is 0 Å². The zero-order chi connectivity index (χ0) is 15.8. The van der Waals surface area contributed by atoms with Crippen LogP contribution in [0.5, 0.6) is 5.88 Å². The highest BCUT2D eigenvalue weighted by atomic mass is 16.5. The average molecular weight is 310 g/mol. The van der Waals surface area contributed by atoms with Crippen LogP contribution in [0.15, 0.2) is 30.7 Å². The van der Waals surface area contributed by atoms with Crippen LogP contribution in [-0.4, -0.2) is 36.4 Å². The summed E-state index contributed by atoms with van der Waals surface area (Å²) in [6.45, 7) is 3.87. The Bertz CT molecular complexity index is 837. The summed E-state index contributed by atoms with van der Waals surface area (Å²) in [7, 11) is 1.62. The standard InChI is InChI=1S/C16H18N6O/c1-11-19-20-14-7-12(10-22(11)14)9-21-6-5-18-16(21)13-3-4-17-15(8-13)23-2/h3-6,8,12H,7,9-10H2,1-2H3. The number of aromatic nitrogens is 6. The fraction of sp³-hybridized carbons (Fsp3) is 0.375. The highest BCUT2D eigenvalue weighted by Gasteiger charge is 2.25. The van der Waals surface area contributed by atoms with Gasteiger partial charge in [0.2, 0.25) is 5.88 Å². The zero-order valence-electron chi connectivity index (χ0n) is 13.2. The average Bonchev–Trinajstić information content (AvgIpc) is 3.26. The van der Waals surface area contributed by atoms with Crippen LogP contribution in [0.2, 0.25) is 0 Å². The quantitative estimate of drug-likeness (QED) is 0.734. The molecule has 0 saturated heterocycles. The van der Waals surface area contributed by atoms with Gasteiger partial charge < -0.3 is 13.9 Å². The van der Waals surface area contributed by atoms with Crippen LogP contribution in [0.3, 0.4) is 0 Å². The van der Waals surface area contributed by atoms with Gasteiger partial charge in [-0.1, -0.05) is 0 Å². The predicted molar refractivity (Wildman–Crippen MR) is 84.0 cm³/mol. The number of imidazole rings is 1. The molecule has 23 heavy (non-hydrogen) atoms. The maximum Gasteiger partial charge on any atom is 0.213 e. The molecule has 7 heteroatoms. The molecule has 0 bridgehead atoms. The van der Waals surface area contributed by atoms with Crippen LogP contribution in [0.1, 0.15) is 11.6 Å². The van der Waals surface area contributed by atoms with Crippen LogP contribution in [0.25, 0.3) is 11.4 Å². The molecule has 1 unspecified atom stereocenters. The Balaban J connectivity index is 1.56. The van der Waals surface area contributed by atoms with Crippen molar-refractivity contribution < 1.29 is 4.74 Å². The Labute approximate surface area is 134 Å². The molecule has 118 valence electrons. The summed E-state index contributed by atoms with van der Waals surface area (Å²) < 4.78 is 9.60. The molecule has 1 atom stereocenters.